The Morgan fingerprint density at radius 2 is 1.85 bits per heavy atom. The number of piperidine rings is 1. The van der Waals surface area contributed by atoms with Gasteiger partial charge in [0.2, 0.25) is 0 Å². The van der Waals surface area contributed by atoms with E-state index in [9.17, 15) is 13.2 Å². The summed E-state index contributed by atoms with van der Waals surface area (Å²) in [5.74, 6) is 0.000127. The molecule has 112 valence electrons. The lowest BCUT2D eigenvalue weighted by atomic mass is 10.0. The Morgan fingerprint density at radius 1 is 1.20 bits per heavy atom. The molecule has 2 heterocycles. The number of pyridine rings is 1. The molecule has 2 nitrogen and oxygen atoms in total. The summed E-state index contributed by atoms with van der Waals surface area (Å²) in [4.78, 5) is 6.28. The normalized spacial score (nSPS) is 17.7. The molecule has 0 amide bonds. The van der Waals surface area contributed by atoms with E-state index in [4.69, 9.17) is 0 Å². The third-order valence-electron chi connectivity index (χ3n) is 3.75. The van der Waals surface area contributed by atoms with Gasteiger partial charge in [0.05, 0.1) is 5.56 Å². The molecule has 0 radical (unpaired) electrons. The summed E-state index contributed by atoms with van der Waals surface area (Å²) in [5.41, 5.74) is 0.269. The van der Waals surface area contributed by atoms with E-state index in [-0.39, 0.29) is 5.92 Å². The van der Waals surface area contributed by atoms with Crippen molar-refractivity contribution in [3.63, 3.8) is 0 Å². The van der Waals surface area contributed by atoms with Crippen LogP contribution in [0.5, 0.6) is 0 Å². The molecule has 0 aromatic carbocycles. The molecule has 0 saturated carbocycles. The summed E-state index contributed by atoms with van der Waals surface area (Å²) >= 11 is 0. The van der Waals surface area contributed by atoms with Crippen LogP contribution in [0.2, 0.25) is 0 Å². The zero-order valence-electron chi connectivity index (χ0n) is 12.0. The highest BCUT2D eigenvalue weighted by atomic mass is 19.4. The number of rotatable bonds is 3. The van der Waals surface area contributed by atoms with Crippen LogP contribution in [0.15, 0.2) is 12.3 Å². The maximum atomic E-state index is 13.2. The van der Waals surface area contributed by atoms with E-state index in [1.54, 1.807) is 0 Å². The first-order valence-electron chi connectivity index (χ1n) is 7.16. The average molecular weight is 286 g/mol. The van der Waals surface area contributed by atoms with Gasteiger partial charge in [0.25, 0.3) is 0 Å². The third kappa shape index (κ3) is 3.72. The second-order valence-corrected chi connectivity index (χ2v) is 5.76. The highest BCUT2D eigenvalue weighted by Crippen LogP contribution is 2.34. The molecule has 0 unspecified atom stereocenters. The average Bonchev–Trinajstić information content (AvgIpc) is 2.39. The Bertz CT molecular complexity index is 449. The van der Waals surface area contributed by atoms with E-state index in [1.165, 1.54) is 18.7 Å². The summed E-state index contributed by atoms with van der Waals surface area (Å²) < 4.78 is 39.6. The first kappa shape index (κ1) is 15.3. The fourth-order valence-electron chi connectivity index (χ4n) is 2.56. The molecule has 0 N–H and O–H groups in total. The van der Waals surface area contributed by atoms with Gasteiger partial charge in [-0.2, -0.15) is 13.2 Å². The van der Waals surface area contributed by atoms with Gasteiger partial charge in [-0.3, -0.25) is 9.88 Å². The van der Waals surface area contributed by atoms with Crippen LogP contribution in [0.1, 0.15) is 55.8 Å². The van der Waals surface area contributed by atoms with Crippen LogP contribution in [0.25, 0.3) is 0 Å². The highest BCUT2D eigenvalue weighted by Gasteiger charge is 2.34. The maximum absolute atomic E-state index is 13.2. The molecule has 1 aliphatic heterocycles. The number of hydrogen-bond acceptors (Lipinski definition) is 2. The summed E-state index contributed by atoms with van der Waals surface area (Å²) in [5, 5.41) is 0. The third-order valence-corrected chi connectivity index (χ3v) is 3.75. The number of nitrogens with zero attached hydrogens (tertiary/aromatic N) is 2. The monoisotopic (exact) mass is 286 g/mol. The molecule has 5 heteroatoms. The Balaban J connectivity index is 2.26. The van der Waals surface area contributed by atoms with Crippen molar-refractivity contribution in [2.45, 2.75) is 51.7 Å². The number of hydrogen-bond donors (Lipinski definition) is 0. The van der Waals surface area contributed by atoms with E-state index < -0.39 is 11.7 Å². The van der Waals surface area contributed by atoms with Crippen molar-refractivity contribution in [1.82, 2.24) is 9.88 Å². The summed E-state index contributed by atoms with van der Waals surface area (Å²) in [6, 6.07) is 1.21. The Hall–Kier alpha value is -1.10. The summed E-state index contributed by atoms with van der Waals surface area (Å²) in [6.07, 6.45) is 0.412. The van der Waals surface area contributed by atoms with Crippen LogP contribution < -0.4 is 0 Å². The molecule has 1 fully saturated rings. The van der Waals surface area contributed by atoms with Crippen LogP contribution in [-0.4, -0.2) is 23.0 Å². The minimum absolute atomic E-state index is 0.000127. The Kier molecular flexibility index (Phi) is 4.68. The fraction of sp³-hybridized carbons (Fsp3) is 0.667. The van der Waals surface area contributed by atoms with Crippen LogP contribution in [0.3, 0.4) is 0 Å². The van der Waals surface area contributed by atoms with Crippen molar-refractivity contribution < 1.29 is 13.2 Å². The first-order valence-corrected chi connectivity index (χ1v) is 7.16. The lowest BCUT2D eigenvalue weighted by Crippen LogP contribution is -2.30. The topological polar surface area (TPSA) is 16.1 Å². The number of halogens is 3. The minimum atomic E-state index is -4.31. The molecule has 0 spiro atoms. The van der Waals surface area contributed by atoms with Crippen LogP contribution in [0, 0.1) is 0 Å². The van der Waals surface area contributed by atoms with Gasteiger partial charge in [-0.1, -0.05) is 20.3 Å². The summed E-state index contributed by atoms with van der Waals surface area (Å²) in [7, 11) is 0. The molecule has 1 aromatic heterocycles. The van der Waals surface area contributed by atoms with Crippen molar-refractivity contribution >= 4 is 0 Å². The quantitative estimate of drug-likeness (QED) is 0.827. The predicted octanol–water partition coefficient (Wildman–Crippen LogP) is 4.21. The first-order chi connectivity index (χ1) is 9.38. The van der Waals surface area contributed by atoms with Gasteiger partial charge < -0.3 is 0 Å². The van der Waals surface area contributed by atoms with Gasteiger partial charge in [-0.25, -0.2) is 0 Å². The van der Waals surface area contributed by atoms with E-state index in [2.05, 4.69) is 9.88 Å². The fourth-order valence-corrected chi connectivity index (χ4v) is 2.56. The van der Waals surface area contributed by atoms with Crippen molar-refractivity contribution in [2.75, 3.05) is 13.1 Å². The van der Waals surface area contributed by atoms with E-state index >= 15 is 0 Å². The number of aromatic nitrogens is 1. The molecular weight excluding hydrogens is 265 g/mol. The molecule has 0 atom stereocenters. The Morgan fingerprint density at radius 3 is 2.40 bits per heavy atom. The lowest BCUT2D eigenvalue weighted by Gasteiger charge is -2.27. The van der Waals surface area contributed by atoms with Crippen LogP contribution in [-0.2, 0) is 12.7 Å². The zero-order valence-corrected chi connectivity index (χ0v) is 12.0. The molecular formula is C15H21F3N2. The molecule has 1 aromatic rings. The maximum Gasteiger partial charge on any atom is 0.416 e. The van der Waals surface area contributed by atoms with Gasteiger partial charge in [-0.15, -0.1) is 0 Å². The molecule has 2 rings (SSSR count). The van der Waals surface area contributed by atoms with Crippen molar-refractivity contribution in [1.29, 1.82) is 0 Å². The van der Waals surface area contributed by atoms with Gasteiger partial charge >= 0.3 is 6.18 Å². The van der Waals surface area contributed by atoms with Crippen molar-refractivity contribution in [2.24, 2.45) is 0 Å². The van der Waals surface area contributed by atoms with Crippen LogP contribution >= 0.6 is 0 Å². The van der Waals surface area contributed by atoms with E-state index in [1.807, 2.05) is 13.8 Å². The van der Waals surface area contributed by atoms with Crippen molar-refractivity contribution in [3.8, 4) is 0 Å². The predicted molar refractivity (Wildman–Crippen MR) is 72.5 cm³/mol. The van der Waals surface area contributed by atoms with Gasteiger partial charge in [-0.05, 0) is 43.5 Å². The second kappa shape index (κ2) is 6.12. The van der Waals surface area contributed by atoms with Gasteiger partial charge in [0, 0.05) is 18.4 Å². The largest absolute Gasteiger partial charge is 0.416 e. The second-order valence-electron chi connectivity index (χ2n) is 5.76. The summed E-state index contributed by atoms with van der Waals surface area (Å²) in [6.45, 7) is 5.81. The Labute approximate surface area is 118 Å². The number of likely N-dealkylation sites (tertiary alicyclic amines) is 1. The van der Waals surface area contributed by atoms with Crippen LogP contribution in [0.4, 0.5) is 13.2 Å². The molecule has 1 aliphatic rings. The van der Waals surface area contributed by atoms with Gasteiger partial charge in [0.15, 0.2) is 0 Å². The standard InChI is InChI=1S/C15H21F3N2/c1-11(2)14-8-13(15(16,17)18)12(9-19-14)10-20-6-4-3-5-7-20/h8-9,11H,3-7,10H2,1-2H3. The number of alkyl halides is 3. The minimum Gasteiger partial charge on any atom is -0.299 e. The van der Waals surface area contributed by atoms with E-state index in [0.29, 0.717) is 17.8 Å². The molecule has 20 heavy (non-hydrogen) atoms. The van der Waals surface area contributed by atoms with Gasteiger partial charge in [0.1, 0.15) is 0 Å². The molecule has 0 aliphatic carbocycles. The highest BCUT2D eigenvalue weighted by molar-refractivity contribution is 5.30. The van der Waals surface area contributed by atoms with E-state index in [0.717, 1.165) is 25.9 Å². The molecule has 0 bridgehead atoms. The van der Waals surface area contributed by atoms with Crippen molar-refractivity contribution in [3.05, 3.63) is 29.1 Å². The SMILES string of the molecule is CC(C)c1cc(C(F)(F)F)c(CN2CCCCC2)cn1. The lowest BCUT2D eigenvalue weighted by molar-refractivity contribution is -0.138. The zero-order chi connectivity index (χ0) is 14.8. The molecule has 1 saturated heterocycles. The smallest absolute Gasteiger partial charge is 0.299 e.